The molecule has 2 unspecified atom stereocenters. The van der Waals surface area contributed by atoms with Gasteiger partial charge in [-0.25, -0.2) is 0 Å². The number of nitrogens with one attached hydrogen (secondary N) is 2. The topological polar surface area (TPSA) is 136 Å². The number of allylic oxidation sites excluding steroid dienone is 1. The van der Waals surface area contributed by atoms with Crippen LogP contribution in [0.25, 0.3) is 11.0 Å². The number of para-hydroxylation sites is 3. The van der Waals surface area contributed by atoms with E-state index in [1.165, 1.54) is 0 Å². The number of anilines is 2. The predicted octanol–water partition coefficient (Wildman–Crippen LogP) is 5.33. The maximum absolute atomic E-state index is 13.3. The minimum atomic E-state index is -0.664. The Balaban J connectivity index is 1.31. The van der Waals surface area contributed by atoms with Crippen molar-refractivity contribution in [1.29, 1.82) is 0 Å². The van der Waals surface area contributed by atoms with E-state index in [-0.39, 0.29) is 42.6 Å². The molecule has 42 heavy (non-hydrogen) atoms. The van der Waals surface area contributed by atoms with Gasteiger partial charge in [0.15, 0.2) is 5.76 Å². The number of ether oxygens (including phenoxy) is 2. The van der Waals surface area contributed by atoms with Crippen LogP contribution in [0.3, 0.4) is 0 Å². The van der Waals surface area contributed by atoms with Crippen molar-refractivity contribution < 1.29 is 28.6 Å². The highest BCUT2D eigenvalue weighted by atomic mass is 16.7. The first-order valence-corrected chi connectivity index (χ1v) is 14.1. The van der Waals surface area contributed by atoms with Gasteiger partial charge in [-0.3, -0.25) is 9.59 Å². The van der Waals surface area contributed by atoms with Crippen LogP contribution >= 0.6 is 0 Å². The monoisotopic (exact) mass is 569 g/mol. The molecule has 1 aromatic heterocycles. The fourth-order valence-electron chi connectivity index (χ4n) is 5.23. The first kappa shape index (κ1) is 28.9. The molecule has 2 heterocycles. The van der Waals surface area contributed by atoms with Crippen molar-refractivity contribution in [2.24, 2.45) is 5.92 Å². The number of rotatable bonds is 11. The van der Waals surface area contributed by atoms with Gasteiger partial charge < -0.3 is 35.4 Å². The van der Waals surface area contributed by atoms with Gasteiger partial charge in [-0.15, -0.1) is 0 Å². The van der Waals surface area contributed by atoms with E-state index in [0.717, 1.165) is 22.1 Å². The van der Waals surface area contributed by atoms with E-state index in [0.29, 0.717) is 36.4 Å². The molecule has 0 radical (unpaired) electrons. The number of nitrogen functional groups attached to an aromatic ring is 1. The van der Waals surface area contributed by atoms with Crippen LogP contribution in [0, 0.1) is 5.92 Å². The number of nitrogens with two attached hydrogens (primary N) is 1. The van der Waals surface area contributed by atoms with E-state index in [1.807, 2.05) is 37.3 Å². The Kier molecular flexibility index (Phi) is 9.21. The summed E-state index contributed by atoms with van der Waals surface area (Å²) in [5, 5.41) is 16.2. The molecule has 3 aromatic carbocycles. The van der Waals surface area contributed by atoms with E-state index in [1.54, 1.807) is 54.8 Å². The average molecular weight is 570 g/mol. The van der Waals surface area contributed by atoms with Crippen LogP contribution in [0.4, 0.5) is 11.4 Å². The Morgan fingerprint density at radius 3 is 2.52 bits per heavy atom. The van der Waals surface area contributed by atoms with E-state index in [9.17, 15) is 14.7 Å². The largest absolute Gasteiger partial charge is 0.464 e. The summed E-state index contributed by atoms with van der Waals surface area (Å²) in [6.45, 7) is 2.57. The zero-order chi connectivity index (χ0) is 29.5. The quantitative estimate of drug-likeness (QED) is 0.179. The van der Waals surface area contributed by atoms with Gasteiger partial charge in [0.2, 0.25) is 6.29 Å². The smallest absolute Gasteiger partial charge is 0.286 e. The summed E-state index contributed by atoms with van der Waals surface area (Å²) >= 11 is 0. The lowest BCUT2D eigenvalue weighted by Gasteiger charge is -2.36. The number of carbonyl (C=O) groups is 2. The summed E-state index contributed by atoms with van der Waals surface area (Å²) < 4.78 is 17.9. The Labute approximate surface area is 244 Å². The van der Waals surface area contributed by atoms with Gasteiger partial charge in [0, 0.05) is 48.1 Å². The van der Waals surface area contributed by atoms with Crippen LogP contribution in [0.1, 0.15) is 47.2 Å². The molecule has 3 atom stereocenters. The lowest BCUT2D eigenvalue weighted by Crippen LogP contribution is -2.38. The summed E-state index contributed by atoms with van der Waals surface area (Å²) in [4.78, 5) is 26.0. The molecule has 2 amide bonds. The lowest BCUT2D eigenvalue weighted by atomic mass is 9.80. The molecule has 0 fully saturated rings. The predicted molar refractivity (Wildman–Crippen MR) is 160 cm³/mol. The SMILES string of the molecule is CCOC1OC(C(=O)NCc2ccc(C(=O)Nc3ccccc3N)cc2)=C[C@@H](c2coc3ccccc23)C1CCCO. The number of fused-ring (bicyclic) bond motifs is 1. The van der Waals surface area contributed by atoms with E-state index < -0.39 is 6.29 Å². The molecule has 5 rings (SSSR count). The van der Waals surface area contributed by atoms with Crippen LogP contribution in [-0.4, -0.2) is 36.4 Å². The van der Waals surface area contributed by atoms with Crippen LogP contribution in [-0.2, 0) is 20.8 Å². The Bertz CT molecular complexity index is 1560. The number of aliphatic hydroxyl groups is 1. The molecular formula is C33H35N3O6. The van der Waals surface area contributed by atoms with Crippen LogP contribution in [0.5, 0.6) is 0 Å². The van der Waals surface area contributed by atoms with Crippen molar-refractivity contribution in [3.63, 3.8) is 0 Å². The molecule has 0 saturated carbocycles. The molecule has 0 aliphatic carbocycles. The number of carbonyl (C=O) groups excluding carboxylic acids is 2. The second-order valence-corrected chi connectivity index (χ2v) is 10.1. The minimum Gasteiger partial charge on any atom is -0.464 e. The summed E-state index contributed by atoms with van der Waals surface area (Å²) in [6.07, 6.45) is 4.11. The third kappa shape index (κ3) is 6.48. The third-order valence-corrected chi connectivity index (χ3v) is 7.38. The van der Waals surface area contributed by atoms with Gasteiger partial charge in [0.1, 0.15) is 5.58 Å². The molecule has 4 aromatic rings. The van der Waals surface area contributed by atoms with Gasteiger partial charge in [0.05, 0.1) is 17.6 Å². The normalized spacial score (nSPS) is 18.2. The minimum absolute atomic E-state index is 0.0476. The molecule has 0 saturated heterocycles. The summed E-state index contributed by atoms with van der Waals surface area (Å²) in [6, 6.07) is 21.8. The third-order valence-electron chi connectivity index (χ3n) is 7.38. The van der Waals surface area contributed by atoms with Crippen molar-refractivity contribution >= 4 is 34.2 Å². The number of benzene rings is 3. The number of amides is 2. The summed E-state index contributed by atoms with van der Waals surface area (Å²) in [5.74, 6) is -0.832. The van der Waals surface area contributed by atoms with Gasteiger partial charge in [-0.2, -0.15) is 0 Å². The second kappa shape index (κ2) is 13.4. The van der Waals surface area contributed by atoms with Crippen molar-refractivity contribution in [3.8, 4) is 0 Å². The van der Waals surface area contributed by atoms with Gasteiger partial charge in [-0.1, -0.05) is 42.5 Å². The number of hydrogen-bond donors (Lipinski definition) is 4. The van der Waals surface area contributed by atoms with Gasteiger partial charge in [-0.05, 0) is 61.7 Å². The molecule has 1 aliphatic rings. The highest BCUT2D eigenvalue weighted by Gasteiger charge is 2.39. The lowest BCUT2D eigenvalue weighted by molar-refractivity contribution is -0.166. The summed E-state index contributed by atoms with van der Waals surface area (Å²) in [5.41, 5.74) is 9.94. The highest BCUT2D eigenvalue weighted by Crippen LogP contribution is 2.42. The maximum Gasteiger partial charge on any atom is 0.286 e. The maximum atomic E-state index is 13.3. The number of hydrogen-bond acceptors (Lipinski definition) is 7. The van der Waals surface area contributed by atoms with Crippen LogP contribution < -0.4 is 16.4 Å². The van der Waals surface area contributed by atoms with E-state index in [2.05, 4.69) is 10.6 Å². The van der Waals surface area contributed by atoms with Crippen LogP contribution in [0.2, 0.25) is 0 Å². The zero-order valence-corrected chi connectivity index (χ0v) is 23.4. The molecule has 9 heteroatoms. The fraction of sp³-hybridized carbons (Fsp3) is 0.273. The van der Waals surface area contributed by atoms with Crippen molar-refractivity contribution in [3.05, 3.63) is 108 Å². The Morgan fingerprint density at radius 2 is 1.76 bits per heavy atom. The molecule has 0 spiro atoms. The molecule has 1 aliphatic heterocycles. The number of furan rings is 1. The summed E-state index contributed by atoms with van der Waals surface area (Å²) in [7, 11) is 0. The fourth-order valence-corrected chi connectivity index (χ4v) is 5.23. The molecular weight excluding hydrogens is 534 g/mol. The molecule has 9 nitrogen and oxygen atoms in total. The number of aliphatic hydroxyl groups excluding tert-OH is 1. The highest BCUT2D eigenvalue weighted by molar-refractivity contribution is 6.05. The van der Waals surface area contributed by atoms with E-state index >= 15 is 0 Å². The van der Waals surface area contributed by atoms with Crippen molar-refractivity contribution in [2.75, 3.05) is 24.3 Å². The van der Waals surface area contributed by atoms with Gasteiger partial charge in [0.25, 0.3) is 11.8 Å². The Hall–Kier alpha value is -4.60. The first-order chi connectivity index (χ1) is 20.5. The molecule has 0 bridgehead atoms. The second-order valence-electron chi connectivity index (χ2n) is 10.1. The van der Waals surface area contributed by atoms with Crippen LogP contribution in [0.15, 0.2) is 95.3 Å². The van der Waals surface area contributed by atoms with Gasteiger partial charge >= 0.3 is 0 Å². The molecule has 218 valence electrons. The van der Waals surface area contributed by atoms with Crippen molar-refractivity contribution in [2.45, 2.75) is 38.5 Å². The first-order valence-electron chi connectivity index (χ1n) is 14.1. The Morgan fingerprint density at radius 1 is 1.00 bits per heavy atom. The average Bonchev–Trinajstić information content (AvgIpc) is 3.44. The zero-order valence-electron chi connectivity index (χ0n) is 23.4. The molecule has 5 N–H and O–H groups in total. The standard InChI is InChI=1S/C33H35N3O6/c1-2-40-33-24(9-7-17-37)25(26-20-41-29-12-6-3-8-23(26)29)18-30(42-33)32(39)35-19-21-13-15-22(16-14-21)31(38)36-28-11-5-4-10-27(28)34/h3-6,8,10-16,18,20,24-25,33,37H,2,7,9,17,19,34H2,1H3,(H,35,39)(H,36,38)/t24?,25-,33?/m1/s1. The van der Waals surface area contributed by atoms with Crippen molar-refractivity contribution in [1.82, 2.24) is 5.32 Å². The van der Waals surface area contributed by atoms with E-state index in [4.69, 9.17) is 19.6 Å².